The van der Waals surface area contributed by atoms with Crippen molar-refractivity contribution in [3.63, 3.8) is 0 Å². The van der Waals surface area contributed by atoms with Gasteiger partial charge in [0, 0.05) is 82.8 Å². The van der Waals surface area contributed by atoms with Crippen LogP contribution in [0.5, 0.6) is 5.75 Å². The smallest absolute Gasteiger partial charge is 0.255 e. The lowest BCUT2D eigenvalue weighted by molar-refractivity contribution is -0.137. The molecule has 0 spiro atoms. The average molecular weight is 631 g/mol. The Morgan fingerprint density at radius 2 is 1.93 bits per heavy atom. The number of likely N-dealkylation sites (tertiary alicyclic amines) is 2. The van der Waals surface area contributed by atoms with Crippen LogP contribution in [0.1, 0.15) is 53.0 Å². The third kappa shape index (κ3) is 5.69. The Balaban J connectivity index is 1.02. The van der Waals surface area contributed by atoms with Crippen molar-refractivity contribution in [2.24, 2.45) is 5.92 Å². The Morgan fingerprint density at radius 3 is 2.70 bits per heavy atom. The Hall–Kier alpha value is -4.49. The van der Waals surface area contributed by atoms with Crippen LogP contribution in [-0.2, 0) is 32.2 Å². The fourth-order valence-electron chi connectivity index (χ4n) is 6.98. The molecule has 3 saturated heterocycles. The third-order valence-corrected chi connectivity index (χ3v) is 9.43. The number of benzene rings is 2. The molecule has 13 heteroatoms. The summed E-state index contributed by atoms with van der Waals surface area (Å²) in [5, 5.41) is 2.95. The van der Waals surface area contributed by atoms with Gasteiger partial charge in [-0.15, -0.1) is 0 Å². The number of aromatic nitrogens is 2. The monoisotopic (exact) mass is 630 g/mol. The number of piperidine rings is 1. The molecule has 0 radical (unpaired) electrons. The lowest BCUT2D eigenvalue weighted by Gasteiger charge is -2.37. The average Bonchev–Trinajstić information content (AvgIpc) is 3.51. The van der Waals surface area contributed by atoms with Crippen LogP contribution in [-0.4, -0.2) is 100 Å². The van der Waals surface area contributed by atoms with Crippen molar-refractivity contribution in [2.45, 2.75) is 50.9 Å². The summed E-state index contributed by atoms with van der Waals surface area (Å²) in [5.74, 6) is -0.135. The van der Waals surface area contributed by atoms with Gasteiger partial charge < -0.3 is 19.3 Å². The summed E-state index contributed by atoms with van der Waals surface area (Å²) in [6.45, 7) is 5.17. The van der Waals surface area contributed by atoms with Crippen LogP contribution in [0, 0.1) is 11.7 Å². The highest BCUT2D eigenvalue weighted by Gasteiger charge is 2.40. The molecule has 46 heavy (non-hydrogen) atoms. The molecule has 3 aromatic rings. The zero-order valence-corrected chi connectivity index (χ0v) is 25.7. The van der Waals surface area contributed by atoms with Crippen molar-refractivity contribution in [1.82, 2.24) is 30.0 Å². The quantitative estimate of drug-likeness (QED) is 0.371. The molecule has 7 rings (SSSR count). The number of imide groups is 1. The fourth-order valence-corrected chi connectivity index (χ4v) is 6.98. The molecule has 0 bridgehead atoms. The molecule has 3 atom stereocenters. The van der Waals surface area contributed by atoms with Crippen LogP contribution < -0.4 is 10.1 Å². The first-order chi connectivity index (χ1) is 22.2. The van der Waals surface area contributed by atoms with Crippen molar-refractivity contribution < 1.29 is 33.0 Å². The van der Waals surface area contributed by atoms with Crippen LogP contribution in [0.15, 0.2) is 36.5 Å². The van der Waals surface area contributed by atoms with E-state index in [2.05, 4.69) is 20.2 Å². The van der Waals surface area contributed by atoms with Gasteiger partial charge in [0.2, 0.25) is 17.7 Å². The van der Waals surface area contributed by atoms with E-state index in [4.69, 9.17) is 9.47 Å². The van der Waals surface area contributed by atoms with Crippen molar-refractivity contribution >= 4 is 34.5 Å². The maximum Gasteiger partial charge on any atom is 0.255 e. The molecule has 2 aromatic carbocycles. The highest BCUT2D eigenvalue weighted by Crippen LogP contribution is 2.33. The van der Waals surface area contributed by atoms with E-state index in [1.54, 1.807) is 30.3 Å². The summed E-state index contributed by atoms with van der Waals surface area (Å²) in [7, 11) is 1.65. The highest BCUT2D eigenvalue weighted by molar-refractivity contribution is 6.05. The van der Waals surface area contributed by atoms with E-state index < -0.39 is 17.8 Å². The van der Waals surface area contributed by atoms with Crippen molar-refractivity contribution in [3.05, 3.63) is 64.9 Å². The largest absolute Gasteiger partial charge is 0.489 e. The van der Waals surface area contributed by atoms with Crippen LogP contribution >= 0.6 is 0 Å². The van der Waals surface area contributed by atoms with E-state index in [0.717, 1.165) is 11.1 Å². The molecule has 4 aliphatic heterocycles. The summed E-state index contributed by atoms with van der Waals surface area (Å²) < 4.78 is 27.3. The van der Waals surface area contributed by atoms with Crippen LogP contribution in [0.25, 0.3) is 10.9 Å². The normalized spacial score (nSPS) is 23.5. The van der Waals surface area contributed by atoms with Gasteiger partial charge in [0.25, 0.3) is 5.91 Å². The summed E-state index contributed by atoms with van der Waals surface area (Å²) in [6.07, 6.45) is 1.97. The molecule has 3 fully saturated rings. The second-order valence-electron chi connectivity index (χ2n) is 12.6. The van der Waals surface area contributed by atoms with E-state index >= 15 is 4.39 Å². The lowest BCUT2D eigenvalue weighted by Crippen LogP contribution is -2.52. The lowest BCUT2D eigenvalue weighted by atomic mass is 9.99. The summed E-state index contributed by atoms with van der Waals surface area (Å²) >= 11 is 0. The maximum absolute atomic E-state index is 15.3. The number of hydrogen-bond acceptors (Lipinski definition) is 9. The zero-order valence-electron chi connectivity index (χ0n) is 25.7. The number of amides is 4. The SMILES string of the molecule is COC[C@@H]1CN(Cc2cc(F)c3nc(C4CN(C(C)=O)C4)ncc3c2)C[C@H]1Oc1ccc2c(c1)CN([C@H]1CCC(=O)NC1=O)C2=O. The third-order valence-electron chi connectivity index (χ3n) is 9.43. The van der Waals surface area contributed by atoms with Crippen molar-refractivity contribution in [2.75, 3.05) is 39.9 Å². The Bertz CT molecular complexity index is 1750. The number of carbonyl (C=O) groups excluding carboxylic acids is 4. The minimum atomic E-state index is -0.675. The second-order valence-corrected chi connectivity index (χ2v) is 12.6. The number of methoxy groups -OCH3 is 1. The van der Waals surface area contributed by atoms with Gasteiger partial charge in [-0.25, -0.2) is 14.4 Å². The molecule has 240 valence electrons. The van der Waals surface area contributed by atoms with E-state index in [1.165, 1.54) is 17.9 Å². The first-order valence-corrected chi connectivity index (χ1v) is 15.5. The predicted octanol–water partition coefficient (Wildman–Crippen LogP) is 2.00. The topological polar surface area (TPSA) is 134 Å². The number of rotatable bonds is 8. The minimum absolute atomic E-state index is 0.0114. The number of halogens is 1. The van der Waals surface area contributed by atoms with Crippen molar-refractivity contribution in [1.29, 1.82) is 0 Å². The molecule has 1 N–H and O–H groups in total. The number of nitrogens with one attached hydrogen (secondary N) is 1. The molecule has 1 aromatic heterocycles. The second kappa shape index (κ2) is 12.0. The minimum Gasteiger partial charge on any atom is -0.489 e. The first-order valence-electron chi connectivity index (χ1n) is 15.5. The number of nitrogens with zero attached hydrogens (tertiary/aromatic N) is 5. The Kier molecular flexibility index (Phi) is 7.89. The molecule has 12 nitrogen and oxygen atoms in total. The van der Waals surface area contributed by atoms with Gasteiger partial charge >= 0.3 is 0 Å². The summed E-state index contributed by atoms with van der Waals surface area (Å²) in [5.41, 5.74) is 2.38. The fraction of sp³-hybridized carbons (Fsp3) is 0.455. The van der Waals surface area contributed by atoms with Crippen LogP contribution in [0.4, 0.5) is 4.39 Å². The molecule has 4 amide bonds. The van der Waals surface area contributed by atoms with Crippen LogP contribution in [0.2, 0.25) is 0 Å². The van der Waals surface area contributed by atoms with Gasteiger partial charge in [-0.1, -0.05) is 0 Å². The molecule has 0 saturated carbocycles. The first kappa shape index (κ1) is 30.2. The highest BCUT2D eigenvalue weighted by atomic mass is 19.1. The van der Waals surface area contributed by atoms with Gasteiger partial charge in [-0.2, -0.15) is 0 Å². The van der Waals surface area contributed by atoms with E-state index in [-0.39, 0.29) is 54.1 Å². The predicted molar refractivity (Wildman–Crippen MR) is 162 cm³/mol. The van der Waals surface area contributed by atoms with Gasteiger partial charge in [0.1, 0.15) is 35.1 Å². The van der Waals surface area contributed by atoms with Gasteiger partial charge in [0.15, 0.2) is 0 Å². The molecular weight excluding hydrogens is 595 g/mol. The van der Waals surface area contributed by atoms with E-state index in [0.29, 0.717) is 68.3 Å². The summed E-state index contributed by atoms with van der Waals surface area (Å²) in [4.78, 5) is 63.0. The molecule has 5 heterocycles. The van der Waals surface area contributed by atoms with Crippen LogP contribution in [0.3, 0.4) is 0 Å². The number of fused-ring (bicyclic) bond motifs is 2. The number of hydrogen-bond donors (Lipinski definition) is 1. The van der Waals surface area contributed by atoms with Gasteiger partial charge in [-0.05, 0) is 47.9 Å². The standard InChI is InChI=1S/C33H35FN6O6/c1-18(41)39-13-22(14-39)31-35-10-20-7-19(8-26(34)30(20)37-31)11-38-12-23(17-45-2)28(16-38)46-24-3-4-25-21(9-24)15-40(33(25)44)27-5-6-29(42)36-32(27)43/h3-4,7-10,22-23,27-28H,5-6,11-17H2,1-2H3,(H,36,42,43)/t23-,27-,28+/m0/s1. The Labute approximate surface area is 264 Å². The number of ether oxygens (including phenoxy) is 2. The zero-order chi connectivity index (χ0) is 32.1. The van der Waals surface area contributed by atoms with Crippen molar-refractivity contribution in [3.8, 4) is 5.75 Å². The molecule has 0 unspecified atom stereocenters. The molecular formula is C33H35FN6O6. The molecule has 4 aliphatic rings. The maximum atomic E-state index is 15.3. The van der Waals surface area contributed by atoms with Gasteiger partial charge in [-0.3, -0.25) is 29.4 Å². The van der Waals surface area contributed by atoms with E-state index in [1.807, 2.05) is 12.1 Å². The van der Waals surface area contributed by atoms with E-state index in [9.17, 15) is 19.2 Å². The number of carbonyl (C=O) groups is 4. The summed E-state index contributed by atoms with van der Waals surface area (Å²) in [6, 6.07) is 8.10. The Morgan fingerprint density at radius 1 is 1.11 bits per heavy atom. The van der Waals surface area contributed by atoms with Gasteiger partial charge in [0.05, 0.1) is 12.5 Å². The molecule has 0 aliphatic carbocycles.